The highest BCUT2D eigenvalue weighted by atomic mass is 16.5. The van der Waals surface area contributed by atoms with Crippen LogP contribution in [-0.2, 0) is 11.2 Å². The third-order valence-electron chi connectivity index (χ3n) is 4.35. The van der Waals surface area contributed by atoms with Gasteiger partial charge in [-0.1, -0.05) is 0 Å². The van der Waals surface area contributed by atoms with Gasteiger partial charge in [-0.25, -0.2) is 0 Å². The van der Waals surface area contributed by atoms with Gasteiger partial charge in [-0.05, 0) is 32.0 Å². The van der Waals surface area contributed by atoms with E-state index in [1.54, 1.807) is 12.4 Å². The largest absolute Gasteiger partial charge is 0.492 e. The van der Waals surface area contributed by atoms with Crippen LogP contribution in [0.2, 0.25) is 0 Å². The first-order chi connectivity index (χ1) is 12.6. The fourth-order valence-corrected chi connectivity index (χ4v) is 3.02. The van der Waals surface area contributed by atoms with Crippen LogP contribution in [0, 0.1) is 0 Å². The number of hydrogen-bond acceptors (Lipinski definition) is 5. The highest BCUT2D eigenvalue weighted by molar-refractivity contribution is 5.93. The van der Waals surface area contributed by atoms with Gasteiger partial charge in [-0.2, -0.15) is 0 Å². The van der Waals surface area contributed by atoms with E-state index in [4.69, 9.17) is 9.47 Å². The van der Waals surface area contributed by atoms with E-state index in [0.29, 0.717) is 31.0 Å². The Hall–Kier alpha value is -2.76. The van der Waals surface area contributed by atoms with Crippen LogP contribution in [0.1, 0.15) is 25.8 Å². The first-order valence-electron chi connectivity index (χ1n) is 8.94. The van der Waals surface area contributed by atoms with Crippen molar-refractivity contribution in [3.8, 4) is 11.5 Å². The Labute approximate surface area is 154 Å². The summed E-state index contributed by atoms with van der Waals surface area (Å²) in [5.41, 5.74) is 2.82. The van der Waals surface area contributed by atoms with Crippen LogP contribution in [-0.4, -0.2) is 37.2 Å². The van der Waals surface area contributed by atoms with Gasteiger partial charge in [0.1, 0.15) is 17.6 Å². The number of nitrogens with one attached hydrogen (secondary N) is 1. The van der Waals surface area contributed by atoms with Crippen molar-refractivity contribution in [1.29, 1.82) is 0 Å². The summed E-state index contributed by atoms with van der Waals surface area (Å²) in [5.74, 6) is 1.46. The van der Waals surface area contributed by atoms with Gasteiger partial charge in [0.25, 0.3) is 0 Å². The number of nitrogens with zero attached hydrogens (tertiary/aromatic N) is 2. The smallest absolute Gasteiger partial charge is 0.226 e. The number of carbonyl (C=O) groups is 1. The van der Waals surface area contributed by atoms with Crippen molar-refractivity contribution in [1.82, 2.24) is 4.98 Å². The summed E-state index contributed by atoms with van der Waals surface area (Å²) in [6.07, 6.45) is 4.87. The molecule has 0 fully saturated rings. The molecule has 0 bridgehead atoms. The topological polar surface area (TPSA) is 63.7 Å². The maximum atomic E-state index is 12.4. The third kappa shape index (κ3) is 4.25. The van der Waals surface area contributed by atoms with Crippen molar-refractivity contribution in [2.75, 3.05) is 30.4 Å². The van der Waals surface area contributed by atoms with Crippen LogP contribution in [0.25, 0.3) is 0 Å². The molecular formula is C20H25N3O3. The molecule has 1 aromatic carbocycles. The number of ether oxygens (including phenoxy) is 2. The summed E-state index contributed by atoms with van der Waals surface area (Å²) in [7, 11) is 1.96. The predicted molar refractivity (Wildman–Crippen MR) is 102 cm³/mol. The molecule has 138 valence electrons. The molecule has 6 nitrogen and oxygen atoms in total. The van der Waals surface area contributed by atoms with E-state index >= 15 is 0 Å². The lowest BCUT2D eigenvalue weighted by atomic mass is 10.1. The van der Waals surface area contributed by atoms with Crippen LogP contribution in [0.4, 0.5) is 11.4 Å². The fourth-order valence-electron chi connectivity index (χ4n) is 3.02. The summed E-state index contributed by atoms with van der Waals surface area (Å²) in [6, 6.07) is 7.68. The van der Waals surface area contributed by atoms with Gasteiger partial charge >= 0.3 is 0 Å². The zero-order valence-corrected chi connectivity index (χ0v) is 15.5. The van der Waals surface area contributed by atoms with Crippen LogP contribution in [0.15, 0.2) is 36.7 Å². The van der Waals surface area contributed by atoms with E-state index in [1.165, 1.54) is 0 Å². The quantitative estimate of drug-likeness (QED) is 0.826. The summed E-state index contributed by atoms with van der Waals surface area (Å²) in [4.78, 5) is 18.5. The van der Waals surface area contributed by atoms with Crippen LogP contribution >= 0.6 is 0 Å². The average molecular weight is 355 g/mol. The molecule has 1 amide bonds. The Balaban J connectivity index is 1.64. The lowest BCUT2D eigenvalue weighted by Crippen LogP contribution is -2.24. The number of anilines is 2. The van der Waals surface area contributed by atoms with Crippen molar-refractivity contribution in [2.45, 2.75) is 32.8 Å². The number of hydrogen-bond donors (Lipinski definition) is 1. The number of carbonyl (C=O) groups excluding carboxylic acids is 1. The van der Waals surface area contributed by atoms with Crippen molar-refractivity contribution in [2.24, 2.45) is 0 Å². The zero-order chi connectivity index (χ0) is 18.5. The number of aromatic nitrogens is 1. The number of fused-ring (bicyclic) bond motifs is 1. The Bertz CT molecular complexity index is 764. The SMILES string of the molecule is CCOc1cc2c(cc1NC(=O)CCN(C)c1ccncc1)O[C@H](C)C2. The van der Waals surface area contributed by atoms with E-state index in [9.17, 15) is 4.79 Å². The van der Waals surface area contributed by atoms with E-state index < -0.39 is 0 Å². The number of rotatable bonds is 7. The molecular weight excluding hydrogens is 330 g/mol. The molecule has 0 radical (unpaired) electrons. The first-order valence-corrected chi connectivity index (χ1v) is 8.94. The van der Waals surface area contributed by atoms with Crippen molar-refractivity contribution < 1.29 is 14.3 Å². The first kappa shape index (κ1) is 18.0. The minimum Gasteiger partial charge on any atom is -0.492 e. The standard InChI is InChI=1S/C20H25N3O3/c1-4-25-19-12-15-11-14(2)26-18(15)13-17(19)22-20(24)7-10-23(3)16-5-8-21-9-6-16/h5-6,8-9,12-14H,4,7,10-11H2,1-3H3,(H,22,24)/t14-/m1/s1. The van der Waals surface area contributed by atoms with Crippen LogP contribution in [0.3, 0.4) is 0 Å². The summed E-state index contributed by atoms with van der Waals surface area (Å²) in [5, 5.41) is 2.96. The Kier molecular flexibility index (Phi) is 5.61. The lowest BCUT2D eigenvalue weighted by Gasteiger charge is -2.19. The van der Waals surface area contributed by atoms with Crippen molar-refractivity contribution >= 4 is 17.3 Å². The molecule has 0 saturated carbocycles. The molecule has 0 saturated heterocycles. The van der Waals surface area contributed by atoms with E-state index in [2.05, 4.69) is 10.3 Å². The average Bonchev–Trinajstić information content (AvgIpc) is 2.99. The molecule has 1 aromatic heterocycles. The Morgan fingerprint density at radius 3 is 2.88 bits per heavy atom. The monoisotopic (exact) mass is 355 g/mol. The number of amides is 1. The number of pyridine rings is 1. The maximum Gasteiger partial charge on any atom is 0.226 e. The van der Waals surface area contributed by atoms with Gasteiger partial charge in [0.05, 0.1) is 12.3 Å². The molecule has 0 spiro atoms. The summed E-state index contributed by atoms with van der Waals surface area (Å²) in [6.45, 7) is 5.12. The molecule has 3 rings (SSSR count). The molecule has 1 aliphatic rings. The molecule has 2 heterocycles. The lowest BCUT2D eigenvalue weighted by molar-refractivity contribution is -0.116. The summed E-state index contributed by atoms with van der Waals surface area (Å²) < 4.78 is 11.5. The second-order valence-corrected chi connectivity index (χ2v) is 6.45. The molecule has 1 atom stereocenters. The maximum absolute atomic E-state index is 12.4. The van der Waals surface area contributed by atoms with Gasteiger partial charge in [0, 0.05) is 56.1 Å². The molecule has 6 heteroatoms. The summed E-state index contributed by atoms with van der Waals surface area (Å²) >= 11 is 0. The number of benzene rings is 1. The minimum atomic E-state index is -0.0575. The van der Waals surface area contributed by atoms with Crippen molar-refractivity contribution in [3.05, 3.63) is 42.2 Å². The Morgan fingerprint density at radius 1 is 1.38 bits per heavy atom. The fraction of sp³-hybridized carbons (Fsp3) is 0.400. The van der Waals surface area contributed by atoms with Crippen LogP contribution in [0.5, 0.6) is 11.5 Å². The predicted octanol–water partition coefficient (Wildman–Crippen LogP) is 3.27. The molecule has 2 aromatic rings. The Morgan fingerprint density at radius 2 is 2.15 bits per heavy atom. The van der Waals surface area contributed by atoms with Gasteiger partial charge in [0.2, 0.25) is 5.91 Å². The van der Waals surface area contributed by atoms with Crippen LogP contribution < -0.4 is 19.7 Å². The normalized spacial score (nSPS) is 15.1. The molecule has 0 aliphatic carbocycles. The molecule has 1 aliphatic heterocycles. The van der Waals surface area contributed by atoms with Gasteiger partial charge in [-0.15, -0.1) is 0 Å². The second-order valence-electron chi connectivity index (χ2n) is 6.45. The second kappa shape index (κ2) is 8.08. The van der Waals surface area contributed by atoms with E-state index in [0.717, 1.165) is 23.4 Å². The third-order valence-corrected chi connectivity index (χ3v) is 4.35. The van der Waals surface area contributed by atoms with Gasteiger partial charge in [0.15, 0.2) is 0 Å². The molecule has 1 N–H and O–H groups in total. The van der Waals surface area contributed by atoms with Crippen molar-refractivity contribution in [3.63, 3.8) is 0 Å². The zero-order valence-electron chi connectivity index (χ0n) is 15.5. The highest BCUT2D eigenvalue weighted by Gasteiger charge is 2.22. The molecule has 0 unspecified atom stereocenters. The molecule has 26 heavy (non-hydrogen) atoms. The van der Waals surface area contributed by atoms with Gasteiger partial charge in [-0.3, -0.25) is 9.78 Å². The van der Waals surface area contributed by atoms with Gasteiger partial charge < -0.3 is 19.7 Å². The van der Waals surface area contributed by atoms with E-state index in [-0.39, 0.29) is 12.0 Å². The van der Waals surface area contributed by atoms with E-state index in [1.807, 2.05) is 50.1 Å². The highest BCUT2D eigenvalue weighted by Crippen LogP contribution is 2.38. The minimum absolute atomic E-state index is 0.0575.